The maximum absolute atomic E-state index is 11.2. The van der Waals surface area contributed by atoms with Crippen LogP contribution in [0.4, 0.5) is 11.5 Å². The van der Waals surface area contributed by atoms with Gasteiger partial charge in [0.2, 0.25) is 5.69 Å². The predicted molar refractivity (Wildman–Crippen MR) is 55.1 cm³/mol. The summed E-state index contributed by atoms with van der Waals surface area (Å²) in [6.07, 6.45) is 1.81. The minimum Gasteiger partial charge on any atom is -0.465 e. The zero-order valence-corrected chi connectivity index (χ0v) is 8.32. The summed E-state index contributed by atoms with van der Waals surface area (Å²) in [5, 5.41) is 2.47. The molecule has 0 amide bonds. The Morgan fingerprint density at radius 3 is 2.87 bits per heavy atom. The van der Waals surface area contributed by atoms with E-state index in [2.05, 4.69) is 15.1 Å². The van der Waals surface area contributed by atoms with E-state index in [9.17, 15) is 9.70 Å². The third kappa shape index (κ3) is 2.76. The summed E-state index contributed by atoms with van der Waals surface area (Å²) in [6, 6.07) is 0.0124. The normalized spacial score (nSPS) is 9.93. The lowest BCUT2D eigenvalue weighted by atomic mass is 10.4. The number of aromatic amines is 1. The molecule has 15 heavy (non-hydrogen) atoms. The number of rotatable bonds is 5. The summed E-state index contributed by atoms with van der Waals surface area (Å²) < 4.78 is 5.12. The minimum atomic E-state index is -0.691. The van der Waals surface area contributed by atoms with Crippen LogP contribution in [-0.2, 0) is 0 Å². The third-order valence-corrected chi connectivity index (χ3v) is 1.73. The highest BCUT2D eigenvalue weighted by molar-refractivity contribution is 5.55. The lowest BCUT2D eigenvalue weighted by molar-refractivity contribution is 0.285. The van der Waals surface area contributed by atoms with Crippen molar-refractivity contribution < 1.29 is 4.74 Å². The van der Waals surface area contributed by atoms with Crippen LogP contribution >= 0.6 is 0 Å². The number of anilines is 1. The van der Waals surface area contributed by atoms with Gasteiger partial charge in [-0.15, -0.1) is 4.91 Å². The zero-order valence-electron chi connectivity index (χ0n) is 8.32. The van der Waals surface area contributed by atoms with Gasteiger partial charge >= 0.3 is 0 Å². The van der Waals surface area contributed by atoms with Crippen molar-refractivity contribution in [1.82, 2.24) is 9.97 Å². The zero-order chi connectivity index (χ0) is 11.3. The van der Waals surface area contributed by atoms with Crippen LogP contribution in [0.5, 0.6) is 6.01 Å². The first-order valence-electron chi connectivity index (χ1n) is 4.55. The number of unbranched alkanes of at least 4 members (excludes halogenated alkanes) is 1. The summed E-state index contributed by atoms with van der Waals surface area (Å²) in [4.78, 5) is 27.3. The standard InChI is InChI=1S/C8H12N4O3/c1-2-3-4-15-8-10-6(9)5(12-14)7(13)11-8/h2-4H2,1H3,(H3,9,10,11,13). The van der Waals surface area contributed by atoms with Crippen LogP contribution < -0.4 is 16.0 Å². The van der Waals surface area contributed by atoms with Crippen molar-refractivity contribution in [2.45, 2.75) is 19.8 Å². The Hall–Kier alpha value is -1.92. The SMILES string of the molecule is CCCCOc1nc(N)c(N=O)c(=O)[nH]1. The van der Waals surface area contributed by atoms with E-state index >= 15 is 0 Å². The smallest absolute Gasteiger partial charge is 0.298 e. The molecular weight excluding hydrogens is 200 g/mol. The number of hydrogen-bond donors (Lipinski definition) is 2. The fraction of sp³-hybridized carbons (Fsp3) is 0.500. The van der Waals surface area contributed by atoms with Crippen LogP contribution in [0.3, 0.4) is 0 Å². The average molecular weight is 212 g/mol. The van der Waals surface area contributed by atoms with E-state index < -0.39 is 11.2 Å². The van der Waals surface area contributed by atoms with Crippen LogP contribution in [0, 0.1) is 4.91 Å². The van der Waals surface area contributed by atoms with Gasteiger partial charge in [-0.3, -0.25) is 9.78 Å². The summed E-state index contributed by atoms with van der Waals surface area (Å²) in [5.74, 6) is -0.222. The predicted octanol–water partition coefficient (Wildman–Crippen LogP) is 0.929. The lowest BCUT2D eigenvalue weighted by Crippen LogP contribution is -2.13. The molecule has 0 aliphatic heterocycles. The van der Waals surface area contributed by atoms with Crippen LogP contribution in [0.25, 0.3) is 0 Å². The van der Waals surface area contributed by atoms with Gasteiger partial charge < -0.3 is 10.5 Å². The van der Waals surface area contributed by atoms with Gasteiger partial charge in [-0.25, -0.2) is 0 Å². The highest BCUT2D eigenvalue weighted by atomic mass is 16.5. The molecule has 3 N–H and O–H groups in total. The summed E-state index contributed by atoms with van der Waals surface area (Å²) >= 11 is 0. The first-order valence-corrected chi connectivity index (χ1v) is 4.55. The molecule has 0 saturated heterocycles. The van der Waals surface area contributed by atoms with Crippen molar-refractivity contribution in [3.8, 4) is 6.01 Å². The Balaban J connectivity index is 2.84. The molecule has 82 valence electrons. The summed E-state index contributed by atoms with van der Waals surface area (Å²) in [5.41, 5.74) is 4.22. The fourth-order valence-electron chi connectivity index (χ4n) is 0.933. The molecule has 1 heterocycles. The van der Waals surface area contributed by atoms with Crippen LogP contribution in [0.2, 0.25) is 0 Å². The number of nitrogens with two attached hydrogens (primary N) is 1. The molecular formula is C8H12N4O3. The number of nitrogens with one attached hydrogen (secondary N) is 1. The number of nitroso groups, excluding NO2 is 1. The molecule has 0 bridgehead atoms. The van der Waals surface area contributed by atoms with E-state index in [-0.39, 0.29) is 11.8 Å². The number of ether oxygens (including phenoxy) is 1. The van der Waals surface area contributed by atoms with Crippen LogP contribution in [0.15, 0.2) is 9.97 Å². The number of hydrogen-bond acceptors (Lipinski definition) is 6. The molecule has 0 radical (unpaired) electrons. The second-order valence-corrected chi connectivity index (χ2v) is 2.90. The highest BCUT2D eigenvalue weighted by Crippen LogP contribution is 2.14. The van der Waals surface area contributed by atoms with E-state index in [1.807, 2.05) is 6.92 Å². The Morgan fingerprint density at radius 1 is 1.60 bits per heavy atom. The number of nitrogen functional groups attached to an aromatic ring is 1. The van der Waals surface area contributed by atoms with Crippen LogP contribution in [0.1, 0.15) is 19.8 Å². The lowest BCUT2D eigenvalue weighted by Gasteiger charge is -2.04. The molecule has 1 rings (SSSR count). The third-order valence-electron chi connectivity index (χ3n) is 1.73. The second kappa shape index (κ2) is 5.08. The van der Waals surface area contributed by atoms with E-state index in [4.69, 9.17) is 10.5 Å². The monoisotopic (exact) mass is 212 g/mol. The van der Waals surface area contributed by atoms with Gasteiger partial charge in [0, 0.05) is 0 Å². The highest BCUT2D eigenvalue weighted by Gasteiger charge is 2.09. The van der Waals surface area contributed by atoms with Gasteiger partial charge in [0.15, 0.2) is 5.82 Å². The summed E-state index contributed by atoms with van der Waals surface area (Å²) in [6.45, 7) is 2.44. The minimum absolute atomic E-state index is 0.0124. The molecule has 0 unspecified atom stereocenters. The van der Waals surface area contributed by atoms with Crippen molar-refractivity contribution in [3.63, 3.8) is 0 Å². The molecule has 0 spiro atoms. The van der Waals surface area contributed by atoms with Crippen molar-refractivity contribution in [1.29, 1.82) is 0 Å². The van der Waals surface area contributed by atoms with E-state index in [1.165, 1.54) is 0 Å². The maximum Gasteiger partial charge on any atom is 0.298 e. The van der Waals surface area contributed by atoms with Gasteiger partial charge in [0.1, 0.15) is 0 Å². The molecule has 7 heteroatoms. The molecule has 0 aromatic carbocycles. The topological polar surface area (TPSA) is 110 Å². The van der Waals surface area contributed by atoms with Gasteiger partial charge in [-0.1, -0.05) is 13.3 Å². The number of aromatic nitrogens is 2. The molecule has 1 aromatic rings. The van der Waals surface area contributed by atoms with Gasteiger partial charge in [-0.2, -0.15) is 4.98 Å². The van der Waals surface area contributed by atoms with Crippen molar-refractivity contribution in [2.24, 2.45) is 5.18 Å². The first-order chi connectivity index (χ1) is 7.19. The van der Waals surface area contributed by atoms with Crippen molar-refractivity contribution in [2.75, 3.05) is 12.3 Å². The van der Waals surface area contributed by atoms with Gasteiger partial charge in [0.25, 0.3) is 11.6 Å². The van der Waals surface area contributed by atoms with Gasteiger partial charge in [0.05, 0.1) is 6.61 Å². The largest absolute Gasteiger partial charge is 0.465 e. The molecule has 0 aliphatic rings. The Labute approximate surface area is 85.6 Å². The number of H-pyrrole nitrogens is 1. The molecule has 0 atom stereocenters. The Morgan fingerprint density at radius 2 is 2.33 bits per heavy atom. The Bertz CT molecular complexity index is 401. The summed E-state index contributed by atoms with van der Waals surface area (Å²) in [7, 11) is 0. The molecule has 0 aliphatic carbocycles. The average Bonchev–Trinajstić information content (AvgIpc) is 2.18. The van der Waals surface area contributed by atoms with E-state index in [0.29, 0.717) is 6.61 Å². The first kappa shape index (κ1) is 11.2. The molecule has 1 aromatic heterocycles. The van der Waals surface area contributed by atoms with E-state index in [0.717, 1.165) is 12.8 Å². The molecule has 0 fully saturated rings. The maximum atomic E-state index is 11.2. The van der Waals surface area contributed by atoms with Crippen molar-refractivity contribution in [3.05, 3.63) is 15.3 Å². The Kier molecular flexibility index (Phi) is 3.78. The molecule has 0 saturated carbocycles. The van der Waals surface area contributed by atoms with E-state index in [1.54, 1.807) is 0 Å². The number of nitrogens with zero attached hydrogens (tertiary/aromatic N) is 2. The van der Waals surface area contributed by atoms with Crippen LogP contribution in [-0.4, -0.2) is 16.6 Å². The van der Waals surface area contributed by atoms with Gasteiger partial charge in [-0.05, 0) is 11.6 Å². The van der Waals surface area contributed by atoms with Crippen molar-refractivity contribution >= 4 is 11.5 Å². The molecule has 7 nitrogen and oxygen atoms in total. The second-order valence-electron chi connectivity index (χ2n) is 2.90. The fourth-order valence-corrected chi connectivity index (χ4v) is 0.933. The quantitative estimate of drug-likeness (QED) is 0.557.